The van der Waals surface area contributed by atoms with Crippen molar-refractivity contribution in [2.45, 2.75) is 45.3 Å². The van der Waals surface area contributed by atoms with E-state index in [9.17, 15) is 9.59 Å². The minimum Gasteiger partial charge on any atom is -0.497 e. The summed E-state index contributed by atoms with van der Waals surface area (Å²) in [7, 11) is 1.59. The first-order valence-corrected chi connectivity index (χ1v) is 13.1. The number of para-hydroxylation sites is 1. The summed E-state index contributed by atoms with van der Waals surface area (Å²) in [6, 6.07) is 14.0. The number of nitrogens with zero attached hydrogens (tertiary/aromatic N) is 5. The van der Waals surface area contributed by atoms with Crippen LogP contribution >= 0.6 is 0 Å². The number of aromatic nitrogens is 3. The molecule has 1 atom stereocenters. The molecule has 10 heteroatoms. The van der Waals surface area contributed by atoms with Crippen LogP contribution < -0.4 is 10.1 Å². The van der Waals surface area contributed by atoms with Crippen LogP contribution in [0.4, 0.5) is 0 Å². The molecule has 0 unspecified atom stereocenters. The zero-order valence-electron chi connectivity index (χ0n) is 22.7. The summed E-state index contributed by atoms with van der Waals surface area (Å²) in [6.07, 6.45) is 0.746. The number of benzene rings is 2. The van der Waals surface area contributed by atoms with Gasteiger partial charge in [0.15, 0.2) is 0 Å². The van der Waals surface area contributed by atoms with Gasteiger partial charge in [0.1, 0.15) is 23.9 Å². The predicted molar refractivity (Wildman–Crippen MR) is 145 cm³/mol. The number of ether oxygens (including phenoxy) is 2. The Hall–Kier alpha value is -3.50. The van der Waals surface area contributed by atoms with Gasteiger partial charge in [-0.2, -0.15) is 0 Å². The summed E-state index contributed by atoms with van der Waals surface area (Å²) < 4.78 is 12.5. The van der Waals surface area contributed by atoms with Crippen molar-refractivity contribution >= 4 is 22.8 Å². The van der Waals surface area contributed by atoms with E-state index >= 15 is 0 Å². The van der Waals surface area contributed by atoms with Crippen LogP contribution in [0.1, 0.15) is 38.8 Å². The summed E-state index contributed by atoms with van der Waals surface area (Å²) in [5.74, 6) is 0.174. The molecule has 2 heterocycles. The van der Waals surface area contributed by atoms with Gasteiger partial charge in [0, 0.05) is 31.7 Å². The first-order chi connectivity index (χ1) is 18.3. The van der Waals surface area contributed by atoms with Crippen molar-refractivity contribution < 1.29 is 19.1 Å². The lowest BCUT2D eigenvalue weighted by Crippen LogP contribution is -2.52. The molecule has 204 valence electrons. The molecule has 3 aromatic rings. The highest BCUT2D eigenvalue weighted by molar-refractivity contribution is 5.89. The molecule has 0 spiro atoms. The fourth-order valence-electron chi connectivity index (χ4n) is 4.50. The van der Waals surface area contributed by atoms with Crippen molar-refractivity contribution in [2.75, 3.05) is 46.5 Å². The standard InChI is InChI=1S/C28H38N6O4/c1-5-28(2,3)29-27(36)26(21-9-8-10-22(19-21)37-4)33(14-13-32-15-17-38-18-16-32)25(35)20-34-24-12-7-6-11-23(24)30-31-34/h6-12,19,26H,5,13-18,20H2,1-4H3,(H,29,36)/t26-/m0/s1. The Morgan fingerprint density at radius 1 is 1.16 bits per heavy atom. The van der Waals surface area contributed by atoms with Crippen molar-refractivity contribution in [3.63, 3.8) is 0 Å². The van der Waals surface area contributed by atoms with E-state index in [1.165, 1.54) is 0 Å². The summed E-state index contributed by atoms with van der Waals surface area (Å²) in [6.45, 7) is 9.83. The number of carbonyl (C=O) groups is 2. The number of rotatable bonds is 11. The molecular weight excluding hydrogens is 484 g/mol. The van der Waals surface area contributed by atoms with Crippen LogP contribution in [0.5, 0.6) is 5.75 Å². The summed E-state index contributed by atoms with van der Waals surface area (Å²) >= 11 is 0. The quantitative estimate of drug-likeness (QED) is 0.413. The SMILES string of the molecule is CCC(C)(C)NC(=O)[C@H](c1cccc(OC)c1)N(CCN1CCOCC1)C(=O)Cn1nnc2ccccc21. The third-order valence-electron chi connectivity index (χ3n) is 7.10. The largest absolute Gasteiger partial charge is 0.497 e. The van der Waals surface area contributed by atoms with Gasteiger partial charge in [-0.15, -0.1) is 5.10 Å². The number of fused-ring (bicyclic) bond motifs is 1. The number of hydrogen-bond donors (Lipinski definition) is 1. The number of carbonyl (C=O) groups excluding carboxylic acids is 2. The molecule has 2 amide bonds. The molecule has 2 aromatic carbocycles. The van der Waals surface area contributed by atoms with Crippen LogP contribution in [0.3, 0.4) is 0 Å². The van der Waals surface area contributed by atoms with Crippen LogP contribution in [0.15, 0.2) is 48.5 Å². The Labute approximate surface area is 223 Å². The number of hydrogen-bond acceptors (Lipinski definition) is 7. The summed E-state index contributed by atoms with van der Waals surface area (Å²) in [5.41, 5.74) is 1.73. The van der Waals surface area contributed by atoms with E-state index in [-0.39, 0.29) is 18.4 Å². The third kappa shape index (κ3) is 6.68. The van der Waals surface area contributed by atoms with Gasteiger partial charge < -0.3 is 19.7 Å². The summed E-state index contributed by atoms with van der Waals surface area (Å²) in [4.78, 5) is 31.9. The zero-order chi connectivity index (χ0) is 27.1. The Kier molecular flexibility index (Phi) is 8.96. The van der Waals surface area contributed by atoms with Crippen LogP contribution in [0.25, 0.3) is 11.0 Å². The van der Waals surface area contributed by atoms with E-state index in [2.05, 4.69) is 20.5 Å². The number of methoxy groups -OCH3 is 1. The minimum atomic E-state index is -0.848. The van der Waals surface area contributed by atoms with Crippen LogP contribution in [-0.4, -0.2) is 88.6 Å². The maximum atomic E-state index is 14.0. The third-order valence-corrected chi connectivity index (χ3v) is 7.10. The van der Waals surface area contributed by atoms with E-state index in [0.29, 0.717) is 43.1 Å². The van der Waals surface area contributed by atoms with Crippen LogP contribution in [-0.2, 0) is 20.9 Å². The lowest BCUT2D eigenvalue weighted by molar-refractivity contribution is -0.142. The minimum absolute atomic E-state index is 0.0332. The molecule has 0 bridgehead atoms. The maximum Gasteiger partial charge on any atom is 0.247 e. The van der Waals surface area contributed by atoms with Crippen molar-refractivity contribution in [2.24, 2.45) is 0 Å². The van der Waals surface area contributed by atoms with Crippen LogP contribution in [0.2, 0.25) is 0 Å². The molecule has 38 heavy (non-hydrogen) atoms. The molecule has 1 saturated heterocycles. The van der Waals surface area contributed by atoms with Gasteiger partial charge in [-0.3, -0.25) is 14.5 Å². The lowest BCUT2D eigenvalue weighted by Gasteiger charge is -2.36. The van der Waals surface area contributed by atoms with Crippen LogP contribution in [0, 0.1) is 0 Å². The molecule has 1 N–H and O–H groups in total. The highest BCUT2D eigenvalue weighted by atomic mass is 16.5. The molecule has 10 nitrogen and oxygen atoms in total. The van der Waals surface area contributed by atoms with E-state index in [1.54, 1.807) is 16.7 Å². The normalized spacial score (nSPS) is 15.3. The molecule has 4 rings (SSSR count). The Bertz CT molecular complexity index is 1240. The second-order valence-electron chi connectivity index (χ2n) is 10.2. The molecule has 1 fully saturated rings. The average molecular weight is 523 g/mol. The molecule has 0 radical (unpaired) electrons. The van der Waals surface area contributed by atoms with E-state index in [0.717, 1.165) is 25.0 Å². The Balaban J connectivity index is 1.70. The number of morpholine rings is 1. The van der Waals surface area contributed by atoms with Crippen molar-refractivity contribution in [1.29, 1.82) is 0 Å². The highest BCUT2D eigenvalue weighted by Crippen LogP contribution is 2.27. The smallest absolute Gasteiger partial charge is 0.247 e. The lowest BCUT2D eigenvalue weighted by atomic mass is 9.98. The van der Waals surface area contributed by atoms with Crippen molar-refractivity contribution in [3.05, 3.63) is 54.1 Å². The maximum absolute atomic E-state index is 14.0. The molecule has 1 aliphatic rings. The van der Waals surface area contributed by atoms with Crippen molar-refractivity contribution in [1.82, 2.24) is 30.1 Å². The van der Waals surface area contributed by atoms with Gasteiger partial charge in [0.2, 0.25) is 11.8 Å². The summed E-state index contributed by atoms with van der Waals surface area (Å²) in [5, 5.41) is 11.6. The average Bonchev–Trinajstić information content (AvgIpc) is 3.33. The number of amides is 2. The molecule has 0 aliphatic carbocycles. The van der Waals surface area contributed by atoms with E-state index in [4.69, 9.17) is 9.47 Å². The molecule has 0 saturated carbocycles. The van der Waals surface area contributed by atoms with Gasteiger partial charge in [0.05, 0.1) is 25.8 Å². The Morgan fingerprint density at radius 3 is 2.66 bits per heavy atom. The topological polar surface area (TPSA) is 102 Å². The molecular formula is C28H38N6O4. The first kappa shape index (κ1) is 27.5. The zero-order valence-corrected chi connectivity index (χ0v) is 22.7. The molecule has 1 aliphatic heterocycles. The van der Waals surface area contributed by atoms with Gasteiger partial charge in [-0.25, -0.2) is 4.68 Å². The van der Waals surface area contributed by atoms with Gasteiger partial charge in [0.25, 0.3) is 0 Å². The predicted octanol–water partition coefficient (Wildman–Crippen LogP) is 2.65. The van der Waals surface area contributed by atoms with Gasteiger partial charge >= 0.3 is 0 Å². The fourth-order valence-corrected chi connectivity index (χ4v) is 4.50. The van der Waals surface area contributed by atoms with Gasteiger partial charge in [-0.05, 0) is 50.1 Å². The van der Waals surface area contributed by atoms with Gasteiger partial charge in [-0.1, -0.05) is 36.4 Å². The van der Waals surface area contributed by atoms with Crippen molar-refractivity contribution in [3.8, 4) is 5.75 Å². The fraction of sp³-hybridized carbons (Fsp3) is 0.500. The highest BCUT2D eigenvalue weighted by Gasteiger charge is 2.34. The number of nitrogens with one attached hydrogen (secondary N) is 1. The monoisotopic (exact) mass is 522 g/mol. The molecule has 1 aromatic heterocycles. The van der Waals surface area contributed by atoms with E-state index in [1.807, 2.05) is 69.3 Å². The second-order valence-corrected chi connectivity index (χ2v) is 10.2. The first-order valence-electron chi connectivity index (χ1n) is 13.1. The Morgan fingerprint density at radius 2 is 1.92 bits per heavy atom. The van der Waals surface area contributed by atoms with E-state index < -0.39 is 11.6 Å². The second kappa shape index (κ2) is 12.4.